The molecule has 0 radical (unpaired) electrons. The van der Waals surface area contributed by atoms with Crippen LogP contribution in [0.25, 0.3) is 11.2 Å². The van der Waals surface area contributed by atoms with Gasteiger partial charge in [0, 0.05) is 45.1 Å². The first kappa shape index (κ1) is 32.6. The van der Waals surface area contributed by atoms with Crippen LogP contribution in [-0.2, 0) is 25.4 Å². The lowest BCUT2D eigenvalue weighted by atomic mass is 9.91. The summed E-state index contributed by atoms with van der Waals surface area (Å²) in [5.41, 5.74) is 3.21. The van der Waals surface area contributed by atoms with E-state index in [2.05, 4.69) is 54.9 Å². The first-order valence-electron chi connectivity index (χ1n) is 16.5. The topological polar surface area (TPSA) is 175 Å². The highest BCUT2D eigenvalue weighted by atomic mass is 16.6. The lowest BCUT2D eigenvalue weighted by molar-refractivity contribution is -0.142. The summed E-state index contributed by atoms with van der Waals surface area (Å²) in [4.78, 5) is 32.6. The van der Waals surface area contributed by atoms with Crippen LogP contribution in [0.5, 0.6) is 0 Å². The van der Waals surface area contributed by atoms with Crippen LogP contribution in [0.3, 0.4) is 0 Å². The van der Waals surface area contributed by atoms with Crippen LogP contribution in [-0.4, -0.2) is 104 Å². The van der Waals surface area contributed by atoms with Crippen molar-refractivity contribution >= 4 is 29.4 Å². The molecule has 15 nitrogen and oxygen atoms in total. The zero-order valence-electron chi connectivity index (χ0n) is 27.1. The average Bonchev–Trinajstić information content (AvgIpc) is 3.88. The van der Waals surface area contributed by atoms with Crippen molar-refractivity contribution in [2.24, 2.45) is 0 Å². The Morgan fingerprint density at radius 3 is 2.43 bits per heavy atom. The van der Waals surface area contributed by atoms with Crippen LogP contribution in [0, 0.1) is 0 Å². The van der Waals surface area contributed by atoms with Crippen molar-refractivity contribution in [3.8, 4) is 0 Å². The van der Waals surface area contributed by atoms with Gasteiger partial charge in [0.15, 0.2) is 35.4 Å². The van der Waals surface area contributed by atoms with Crippen LogP contribution >= 0.6 is 0 Å². The summed E-state index contributed by atoms with van der Waals surface area (Å²) >= 11 is 0. The van der Waals surface area contributed by atoms with Gasteiger partial charge in [0.1, 0.15) is 6.10 Å². The second-order valence-electron chi connectivity index (χ2n) is 11.9. The van der Waals surface area contributed by atoms with Crippen molar-refractivity contribution in [2.75, 3.05) is 56.6 Å². The number of carbonyl (C=O) groups excluding carboxylic acids is 1. The highest BCUT2D eigenvalue weighted by molar-refractivity contribution is 5.84. The maximum absolute atomic E-state index is 11.6. The van der Waals surface area contributed by atoms with E-state index in [1.165, 1.54) is 0 Å². The number of fused-ring (bicyclic) bond motifs is 1. The van der Waals surface area contributed by atoms with Gasteiger partial charge in [-0.15, -0.1) is 0 Å². The molecule has 3 aromatic heterocycles. The molecule has 2 saturated heterocycles. The van der Waals surface area contributed by atoms with Crippen molar-refractivity contribution in [3.63, 3.8) is 0 Å². The average molecular weight is 670 g/mol. The number of aryl methyl sites for hydroxylation is 1. The molecule has 0 amide bonds. The number of morpholine rings is 1. The molecule has 0 spiro atoms. The molecular weight excluding hydrogens is 630 g/mol. The Morgan fingerprint density at radius 2 is 1.76 bits per heavy atom. The second kappa shape index (κ2) is 15.1. The number of nitrogens with one attached hydrogen (secondary N) is 2. The number of aliphatic hydroxyl groups is 1. The minimum atomic E-state index is -1.28. The Labute approximate surface area is 282 Å². The highest BCUT2D eigenvalue weighted by Gasteiger charge is 2.49. The molecule has 0 bridgehead atoms. The van der Waals surface area contributed by atoms with Gasteiger partial charge in [0.2, 0.25) is 17.7 Å². The number of nitrogens with zero attached hydrogens (tertiary/aromatic N) is 7. The molecule has 7 rings (SSSR count). The van der Waals surface area contributed by atoms with Gasteiger partial charge in [0.05, 0.1) is 19.5 Å². The van der Waals surface area contributed by atoms with E-state index < -0.39 is 24.5 Å². The molecule has 4 atom stereocenters. The summed E-state index contributed by atoms with van der Waals surface area (Å²) in [7, 11) is 0. The standard InChI is InChI=1S/C34H39N9O6/c1-2-25-38-31(41-49-25)28-27(45)29(47-21-44)33(48-28)43-20-37-26-30(39-34(40-32(26)43)35-13-14-42-15-17-46-18-16-42)36-19-24(22-9-5-3-6-10-22)23-11-7-4-8-12-23/h3-12,20-21,24,27-29,33,45H,2,13-19H2,1H3,(H2,35,36,39,40)/t27-,28+,29-,33-/m1/s1. The number of ether oxygens (including phenoxy) is 3. The molecular formula is C34H39N9O6. The first-order valence-corrected chi connectivity index (χ1v) is 16.5. The Hall–Kier alpha value is -4.96. The molecule has 0 aliphatic carbocycles. The van der Waals surface area contributed by atoms with Gasteiger partial charge in [-0.05, 0) is 11.1 Å². The molecule has 49 heavy (non-hydrogen) atoms. The highest BCUT2D eigenvalue weighted by Crippen LogP contribution is 2.41. The minimum Gasteiger partial charge on any atom is -0.457 e. The summed E-state index contributed by atoms with van der Waals surface area (Å²) < 4.78 is 24.0. The van der Waals surface area contributed by atoms with Gasteiger partial charge in [-0.25, -0.2) is 4.98 Å². The fourth-order valence-corrected chi connectivity index (χ4v) is 6.28. The Bertz CT molecular complexity index is 1780. The second-order valence-corrected chi connectivity index (χ2v) is 11.9. The molecule has 256 valence electrons. The number of carbonyl (C=O) groups is 1. The lowest BCUT2D eigenvalue weighted by Crippen LogP contribution is -2.39. The zero-order valence-corrected chi connectivity index (χ0v) is 27.1. The first-order chi connectivity index (χ1) is 24.1. The Morgan fingerprint density at radius 1 is 1.02 bits per heavy atom. The third kappa shape index (κ3) is 7.10. The Kier molecular flexibility index (Phi) is 10.0. The van der Waals surface area contributed by atoms with Gasteiger partial charge in [-0.2, -0.15) is 15.0 Å². The smallest absolute Gasteiger partial charge is 0.293 e. The van der Waals surface area contributed by atoms with Crippen molar-refractivity contribution in [2.45, 2.75) is 43.8 Å². The van der Waals surface area contributed by atoms with Crippen LogP contribution < -0.4 is 10.6 Å². The van der Waals surface area contributed by atoms with E-state index in [4.69, 9.17) is 28.7 Å². The SMILES string of the molecule is CCc1nc([C@H]2O[C@@H](n3cnc4c(NCC(c5ccccc5)c5ccccc5)nc(NCCN5CCOCC5)nc43)[C@H](OC=O)[C@@H]2O)no1. The van der Waals surface area contributed by atoms with E-state index in [1.54, 1.807) is 10.9 Å². The molecule has 2 aliphatic heterocycles. The molecule has 15 heteroatoms. The molecule has 3 N–H and O–H groups in total. The largest absolute Gasteiger partial charge is 0.457 e. The van der Waals surface area contributed by atoms with Crippen LogP contribution in [0.15, 0.2) is 71.5 Å². The van der Waals surface area contributed by atoms with Gasteiger partial charge >= 0.3 is 0 Å². The minimum absolute atomic E-state index is 0.0228. The number of imidazole rings is 1. The van der Waals surface area contributed by atoms with Crippen molar-refractivity contribution in [1.29, 1.82) is 0 Å². The van der Waals surface area contributed by atoms with Gasteiger partial charge in [0.25, 0.3) is 6.47 Å². The van der Waals surface area contributed by atoms with E-state index in [0.29, 0.717) is 61.5 Å². The van der Waals surface area contributed by atoms with Crippen molar-refractivity contribution < 1.29 is 28.6 Å². The number of rotatable bonds is 14. The monoisotopic (exact) mass is 669 g/mol. The number of hydrogen-bond acceptors (Lipinski definition) is 14. The van der Waals surface area contributed by atoms with Crippen LogP contribution in [0.1, 0.15) is 48.0 Å². The van der Waals surface area contributed by atoms with E-state index in [9.17, 15) is 9.90 Å². The summed E-state index contributed by atoms with van der Waals surface area (Å²) in [5.74, 6) is 1.48. The van der Waals surface area contributed by atoms with E-state index >= 15 is 0 Å². The number of benzene rings is 2. The third-order valence-corrected chi connectivity index (χ3v) is 8.86. The van der Waals surface area contributed by atoms with Crippen molar-refractivity contribution in [3.05, 3.63) is 89.8 Å². The summed E-state index contributed by atoms with van der Waals surface area (Å²) in [6, 6.07) is 20.6. The molecule has 2 fully saturated rings. The van der Waals surface area contributed by atoms with Gasteiger partial charge in [-0.3, -0.25) is 14.3 Å². The fourth-order valence-electron chi connectivity index (χ4n) is 6.28. The predicted octanol–water partition coefficient (Wildman–Crippen LogP) is 2.93. The fraction of sp³-hybridized carbons (Fsp3) is 0.412. The lowest BCUT2D eigenvalue weighted by Gasteiger charge is -2.26. The molecule has 5 heterocycles. The molecule has 0 unspecified atom stereocenters. The Balaban J connectivity index is 1.22. The van der Waals surface area contributed by atoms with E-state index in [-0.39, 0.29) is 18.2 Å². The maximum Gasteiger partial charge on any atom is 0.293 e. The number of hydrogen-bond donors (Lipinski definition) is 3. The zero-order chi connectivity index (χ0) is 33.6. The third-order valence-electron chi connectivity index (χ3n) is 8.86. The van der Waals surface area contributed by atoms with E-state index in [1.807, 2.05) is 43.3 Å². The quantitative estimate of drug-likeness (QED) is 0.147. The summed E-state index contributed by atoms with van der Waals surface area (Å²) in [6.07, 6.45) is -2.33. The predicted molar refractivity (Wildman–Crippen MR) is 178 cm³/mol. The summed E-state index contributed by atoms with van der Waals surface area (Å²) in [6.45, 7) is 7.22. The number of aromatic nitrogens is 6. The molecule has 5 aromatic rings. The molecule has 0 saturated carbocycles. The summed E-state index contributed by atoms with van der Waals surface area (Å²) in [5, 5.41) is 22.1. The number of anilines is 2. The van der Waals surface area contributed by atoms with Gasteiger partial charge < -0.3 is 34.5 Å². The van der Waals surface area contributed by atoms with E-state index in [0.717, 1.165) is 30.8 Å². The van der Waals surface area contributed by atoms with Crippen molar-refractivity contribution in [1.82, 2.24) is 34.6 Å². The molecule has 2 aliphatic rings. The normalized spacial score (nSPS) is 21.3. The molecule has 2 aromatic carbocycles. The van der Waals surface area contributed by atoms with Gasteiger partial charge in [-0.1, -0.05) is 72.7 Å². The maximum atomic E-state index is 11.6. The van der Waals surface area contributed by atoms with Crippen LogP contribution in [0.2, 0.25) is 0 Å². The van der Waals surface area contributed by atoms with Crippen LogP contribution in [0.4, 0.5) is 11.8 Å². The number of aliphatic hydroxyl groups excluding tert-OH is 1.